The van der Waals surface area contributed by atoms with E-state index >= 15 is 0 Å². The largest absolute Gasteiger partial charge is 0.391 e. The normalized spacial score (nSPS) is 24.8. The average molecular weight is 583 g/mol. The van der Waals surface area contributed by atoms with Crippen LogP contribution < -0.4 is 20.7 Å². The summed E-state index contributed by atoms with van der Waals surface area (Å²) in [5.41, 5.74) is 2.13. The molecule has 0 bridgehead atoms. The number of hydrogen-bond donors (Lipinski definition) is 4. The molecule has 10 nitrogen and oxygen atoms in total. The SMILES string of the molecule is Cc1ccc(S(=O)(=O)N[C@@H](Cc2ccc(NC(=O)C3CC4CCCCC4N3)cc2)C(=O)OC(=O)[C@@H]2CCCN2)cc1. The van der Waals surface area contributed by atoms with Gasteiger partial charge in [-0.2, -0.15) is 4.72 Å². The van der Waals surface area contributed by atoms with Gasteiger partial charge in [0, 0.05) is 11.7 Å². The molecule has 3 unspecified atom stereocenters. The Bertz CT molecular complexity index is 1340. The van der Waals surface area contributed by atoms with Crippen LogP contribution in [-0.4, -0.2) is 57.0 Å². The molecule has 1 amide bonds. The Morgan fingerprint density at radius 2 is 1.68 bits per heavy atom. The summed E-state index contributed by atoms with van der Waals surface area (Å²) in [6.45, 7) is 2.49. The average Bonchev–Trinajstić information content (AvgIpc) is 3.65. The molecule has 11 heteroatoms. The molecule has 3 aliphatic rings. The lowest BCUT2D eigenvalue weighted by Gasteiger charge is -2.24. The molecule has 0 spiro atoms. The van der Waals surface area contributed by atoms with E-state index in [-0.39, 0.29) is 23.3 Å². The van der Waals surface area contributed by atoms with E-state index in [2.05, 4.69) is 20.7 Å². The van der Waals surface area contributed by atoms with Crippen LogP contribution in [0.2, 0.25) is 0 Å². The molecule has 2 heterocycles. The maximum Gasteiger partial charge on any atom is 0.332 e. The predicted octanol–water partition coefficient (Wildman–Crippen LogP) is 2.57. The fraction of sp³-hybridized carbons (Fsp3) is 0.500. The Kier molecular flexibility index (Phi) is 9.18. The number of amides is 1. The molecular formula is C30H38N4O6S. The summed E-state index contributed by atoms with van der Waals surface area (Å²) in [6, 6.07) is 11.4. The highest BCUT2D eigenvalue weighted by atomic mass is 32.2. The number of carbonyl (C=O) groups is 3. The number of aryl methyl sites for hydroxylation is 1. The van der Waals surface area contributed by atoms with Gasteiger partial charge in [0.15, 0.2) is 0 Å². The maximum absolute atomic E-state index is 13.1. The number of esters is 2. The van der Waals surface area contributed by atoms with E-state index in [0.29, 0.717) is 36.2 Å². The van der Waals surface area contributed by atoms with Crippen LogP contribution in [0.3, 0.4) is 0 Å². The fourth-order valence-corrected chi connectivity index (χ4v) is 7.17. The van der Waals surface area contributed by atoms with Gasteiger partial charge in [-0.3, -0.25) is 4.79 Å². The van der Waals surface area contributed by atoms with Crippen molar-refractivity contribution in [3.8, 4) is 0 Å². The van der Waals surface area contributed by atoms with Crippen molar-refractivity contribution in [2.75, 3.05) is 11.9 Å². The zero-order valence-corrected chi connectivity index (χ0v) is 24.0. The molecule has 4 N–H and O–H groups in total. The lowest BCUT2D eigenvalue weighted by Crippen LogP contribution is -2.45. The zero-order valence-electron chi connectivity index (χ0n) is 23.2. The summed E-state index contributed by atoms with van der Waals surface area (Å²) in [5.74, 6) is -1.20. The third-order valence-electron chi connectivity index (χ3n) is 8.30. The number of carbonyl (C=O) groups excluding carboxylic acids is 3. The molecule has 2 aromatic carbocycles. The third-order valence-corrected chi connectivity index (χ3v) is 9.79. The van der Waals surface area contributed by atoms with Gasteiger partial charge < -0.3 is 20.7 Å². The van der Waals surface area contributed by atoms with Crippen molar-refractivity contribution in [1.82, 2.24) is 15.4 Å². The summed E-state index contributed by atoms with van der Waals surface area (Å²) in [7, 11) is -4.08. The van der Waals surface area contributed by atoms with Crippen molar-refractivity contribution in [3.05, 3.63) is 59.7 Å². The van der Waals surface area contributed by atoms with Crippen LogP contribution in [0.4, 0.5) is 5.69 Å². The lowest BCUT2D eigenvalue weighted by molar-refractivity contribution is -0.162. The first-order valence-corrected chi connectivity index (χ1v) is 15.9. The number of rotatable bonds is 9. The number of nitrogens with one attached hydrogen (secondary N) is 4. The van der Waals surface area contributed by atoms with E-state index in [1.165, 1.54) is 25.0 Å². The molecule has 1 saturated carbocycles. The van der Waals surface area contributed by atoms with Crippen molar-refractivity contribution in [2.45, 2.75) is 87.4 Å². The Morgan fingerprint density at radius 1 is 0.951 bits per heavy atom. The molecule has 2 aromatic rings. The van der Waals surface area contributed by atoms with E-state index < -0.39 is 34.0 Å². The van der Waals surface area contributed by atoms with Crippen molar-refractivity contribution in [2.24, 2.45) is 5.92 Å². The molecule has 1 aliphatic carbocycles. The summed E-state index contributed by atoms with van der Waals surface area (Å²) in [4.78, 5) is 38.5. The predicted molar refractivity (Wildman–Crippen MR) is 153 cm³/mol. The van der Waals surface area contributed by atoms with Crippen molar-refractivity contribution in [1.29, 1.82) is 0 Å². The minimum Gasteiger partial charge on any atom is -0.391 e. The molecule has 2 saturated heterocycles. The lowest BCUT2D eigenvalue weighted by atomic mass is 9.85. The summed E-state index contributed by atoms with van der Waals surface area (Å²) >= 11 is 0. The molecule has 5 rings (SSSR count). The van der Waals surface area contributed by atoms with Crippen LogP contribution in [0.1, 0.15) is 56.1 Å². The van der Waals surface area contributed by atoms with Gasteiger partial charge in [0.1, 0.15) is 12.1 Å². The Balaban J connectivity index is 1.25. The number of sulfonamides is 1. The van der Waals surface area contributed by atoms with E-state index in [0.717, 1.165) is 31.2 Å². The molecular weight excluding hydrogens is 544 g/mol. The van der Waals surface area contributed by atoms with E-state index in [1.54, 1.807) is 36.4 Å². The fourth-order valence-electron chi connectivity index (χ4n) is 5.98. The molecule has 41 heavy (non-hydrogen) atoms. The van der Waals surface area contributed by atoms with Crippen LogP contribution in [0.5, 0.6) is 0 Å². The van der Waals surface area contributed by atoms with E-state index in [4.69, 9.17) is 4.74 Å². The van der Waals surface area contributed by atoms with Crippen molar-refractivity contribution in [3.63, 3.8) is 0 Å². The number of fused-ring (bicyclic) bond motifs is 1. The first kappa shape index (κ1) is 29.4. The van der Waals surface area contributed by atoms with Gasteiger partial charge in [0.2, 0.25) is 15.9 Å². The first-order valence-electron chi connectivity index (χ1n) is 14.4. The minimum atomic E-state index is -4.08. The quantitative estimate of drug-likeness (QED) is 0.261. The highest BCUT2D eigenvalue weighted by molar-refractivity contribution is 7.89. The first-order chi connectivity index (χ1) is 19.7. The van der Waals surface area contributed by atoms with Gasteiger partial charge in [-0.25, -0.2) is 18.0 Å². The number of hydrogen-bond acceptors (Lipinski definition) is 8. The van der Waals surface area contributed by atoms with Gasteiger partial charge in [-0.15, -0.1) is 0 Å². The van der Waals surface area contributed by atoms with Gasteiger partial charge >= 0.3 is 11.9 Å². The van der Waals surface area contributed by atoms with Crippen LogP contribution in [0, 0.1) is 12.8 Å². The topological polar surface area (TPSA) is 143 Å². The second-order valence-corrected chi connectivity index (χ2v) is 13.1. The highest BCUT2D eigenvalue weighted by Crippen LogP contribution is 2.33. The van der Waals surface area contributed by atoms with Crippen LogP contribution >= 0.6 is 0 Å². The molecule has 5 atom stereocenters. The van der Waals surface area contributed by atoms with Gasteiger partial charge in [-0.05, 0) is 87.7 Å². The molecule has 2 aliphatic heterocycles. The maximum atomic E-state index is 13.1. The highest BCUT2D eigenvalue weighted by Gasteiger charge is 2.38. The van der Waals surface area contributed by atoms with E-state index in [9.17, 15) is 22.8 Å². The van der Waals surface area contributed by atoms with Gasteiger partial charge in [-0.1, -0.05) is 42.7 Å². The van der Waals surface area contributed by atoms with Gasteiger partial charge in [0.25, 0.3) is 0 Å². The number of anilines is 1. The van der Waals surface area contributed by atoms with Crippen molar-refractivity contribution >= 4 is 33.6 Å². The molecule has 0 aromatic heterocycles. The second kappa shape index (κ2) is 12.8. The van der Waals surface area contributed by atoms with Crippen LogP contribution in [0.25, 0.3) is 0 Å². The van der Waals surface area contributed by atoms with Crippen LogP contribution in [0.15, 0.2) is 53.4 Å². The van der Waals surface area contributed by atoms with Crippen molar-refractivity contribution < 1.29 is 27.5 Å². The van der Waals surface area contributed by atoms with E-state index in [1.807, 2.05) is 6.92 Å². The number of ether oxygens (including phenoxy) is 1. The standard InChI is InChI=1S/C30H38N4O6S/c1-19-8-14-23(15-9-19)41(38,39)34-27(30(37)40-29(36)25-7-4-16-31-25)17-20-10-12-22(13-11-20)32-28(35)26-18-21-5-2-3-6-24(21)33-26/h8-15,21,24-27,31,33-34H,2-7,16-18H2,1H3,(H,32,35)/t21?,24?,25-,26?,27-/m0/s1. The third kappa shape index (κ3) is 7.40. The Labute approximate surface area is 241 Å². The zero-order chi connectivity index (χ0) is 29.0. The smallest absolute Gasteiger partial charge is 0.332 e. The molecule has 3 fully saturated rings. The molecule has 0 radical (unpaired) electrons. The number of benzene rings is 2. The summed E-state index contributed by atoms with van der Waals surface area (Å²) in [5, 5.41) is 9.42. The minimum absolute atomic E-state index is 0.00288. The molecule has 220 valence electrons. The van der Waals surface area contributed by atoms with Gasteiger partial charge in [0.05, 0.1) is 10.9 Å². The monoisotopic (exact) mass is 582 g/mol. The summed E-state index contributed by atoms with van der Waals surface area (Å²) in [6.07, 6.45) is 6.84. The Morgan fingerprint density at radius 3 is 2.37 bits per heavy atom. The second-order valence-electron chi connectivity index (χ2n) is 11.4. The van der Waals surface area contributed by atoms with Crippen LogP contribution in [-0.2, 0) is 35.6 Å². The Hall–Kier alpha value is -3.12. The summed E-state index contributed by atoms with van der Waals surface area (Å²) < 4.78 is 33.8.